The third-order valence-electron chi connectivity index (χ3n) is 4.72. The van der Waals surface area contributed by atoms with E-state index < -0.39 is 0 Å². The maximum absolute atomic E-state index is 12.1. The van der Waals surface area contributed by atoms with Crippen molar-refractivity contribution in [2.45, 2.75) is 45.1 Å². The number of carbonyl (C=O) groups excluding carboxylic acids is 2. The van der Waals surface area contributed by atoms with Crippen LogP contribution in [0.5, 0.6) is 0 Å². The van der Waals surface area contributed by atoms with Gasteiger partial charge in [-0.05, 0) is 36.3 Å². The molecule has 1 atom stereocenters. The van der Waals surface area contributed by atoms with Crippen LogP contribution in [0.3, 0.4) is 0 Å². The molecule has 144 valence electrons. The second kappa shape index (κ2) is 10.6. The molecule has 2 rings (SSSR count). The van der Waals surface area contributed by atoms with Crippen molar-refractivity contribution in [3.63, 3.8) is 0 Å². The molecule has 0 saturated carbocycles. The van der Waals surface area contributed by atoms with Crippen molar-refractivity contribution in [3.8, 4) is 0 Å². The molecule has 26 heavy (non-hydrogen) atoms. The summed E-state index contributed by atoms with van der Waals surface area (Å²) in [4.78, 5) is 25.9. The van der Waals surface area contributed by atoms with Crippen molar-refractivity contribution in [2.75, 3.05) is 31.1 Å². The molecule has 0 spiro atoms. The zero-order chi connectivity index (χ0) is 18.9. The van der Waals surface area contributed by atoms with E-state index in [1.165, 1.54) is 23.7 Å². The van der Waals surface area contributed by atoms with Crippen LogP contribution in [0.15, 0.2) is 24.3 Å². The van der Waals surface area contributed by atoms with E-state index in [4.69, 9.17) is 5.73 Å². The molecule has 1 aliphatic rings. The van der Waals surface area contributed by atoms with Crippen molar-refractivity contribution < 1.29 is 9.59 Å². The molecular weight excluding hydrogens is 346 g/mol. The predicted octanol–water partition coefficient (Wildman–Crippen LogP) is 2.67. The summed E-state index contributed by atoms with van der Waals surface area (Å²) in [6.07, 6.45) is 3.39. The lowest BCUT2D eigenvalue weighted by molar-refractivity contribution is -0.129. The highest BCUT2D eigenvalue weighted by atomic mass is 32.2. The van der Waals surface area contributed by atoms with Crippen LogP contribution in [0.1, 0.15) is 56.2 Å². The van der Waals surface area contributed by atoms with Gasteiger partial charge in [-0.2, -0.15) is 0 Å². The normalized spacial score (nSPS) is 15.8. The van der Waals surface area contributed by atoms with Gasteiger partial charge in [0.05, 0.1) is 11.5 Å². The highest BCUT2D eigenvalue weighted by molar-refractivity contribution is 8.00. The summed E-state index contributed by atoms with van der Waals surface area (Å²) < 4.78 is 0. The van der Waals surface area contributed by atoms with Gasteiger partial charge in [0.2, 0.25) is 11.8 Å². The average molecular weight is 378 g/mol. The number of hydrogen-bond donors (Lipinski definition) is 2. The van der Waals surface area contributed by atoms with E-state index in [2.05, 4.69) is 31.3 Å². The third kappa shape index (κ3) is 6.65. The molecule has 0 bridgehead atoms. The van der Waals surface area contributed by atoms with Gasteiger partial charge in [0.15, 0.2) is 0 Å². The first-order valence-corrected chi connectivity index (χ1v) is 10.6. The van der Waals surface area contributed by atoms with Gasteiger partial charge in [-0.1, -0.05) is 38.1 Å². The highest BCUT2D eigenvalue weighted by Crippen LogP contribution is 2.17. The number of likely N-dealkylation sites (tertiary alicyclic amines) is 1. The van der Waals surface area contributed by atoms with Gasteiger partial charge in [0.1, 0.15) is 0 Å². The number of amides is 2. The van der Waals surface area contributed by atoms with Crippen molar-refractivity contribution in [3.05, 3.63) is 35.4 Å². The first kappa shape index (κ1) is 20.8. The summed E-state index contributed by atoms with van der Waals surface area (Å²) >= 11 is 1.37. The quantitative estimate of drug-likeness (QED) is 0.730. The fourth-order valence-corrected chi connectivity index (χ4v) is 3.73. The largest absolute Gasteiger partial charge is 0.353 e. The molecule has 1 aromatic carbocycles. The van der Waals surface area contributed by atoms with E-state index in [9.17, 15) is 9.59 Å². The fraction of sp³-hybridized carbons (Fsp3) is 0.600. The molecule has 0 radical (unpaired) electrons. The molecule has 1 unspecified atom stereocenters. The first-order chi connectivity index (χ1) is 12.5. The molecule has 1 aliphatic heterocycles. The molecule has 1 saturated heterocycles. The zero-order valence-electron chi connectivity index (χ0n) is 15.9. The van der Waals surface area contributed by atoms with Crippen LogP contribution in [0.4, 0.5) is 0 Å². The van der Waals surface area contributed by atoms with Gasteiger partial charge in [-0.3, -0.25) is 9.59 Å². The lowest BCUT2D eigenvalue weighted by Crippen LogP contribution is -2.37. The molecule has 1 heterocycles. The number of benzene rings is 1. The maximum Gasteiger partial charge on any atom is 0.232 e. The topological polar surface area (TPSA) is 75.4 Å². The predicted molar refractivity (Wildman–Crippen MR) is 108 cm³/mol. The van der Waals surface area contributed by atoms with Crippen molar-refractivity contribution in [2.24, 2.45) is 5.73 Å². The Morgan fingerprint density at radius 3 is 2.31 bits per heavy atom. The van der Waals surface area contributed by atoms with Crippen LogP contribution in [0.2, 0.25) is 0 Å². The lowest BCUT2D eigenvalue weighted by atomic mass is 9.99. The summed E-state index contributed by atoms with van der Waals surface area (Å²) in [6, 6.07) is 8.00. The van der Waals surface area contributed by atoms with E-state index in [0.29, 0.717) is 24.0 Å². The SMILES string of the molecule is CC(C)c1ccc(C(N)CNC(=O)CSCC(=O)N2CCCCC2)cc1. The molecular formula is C20H31N3O2S. The maximum atomic E-state index is 12.1. The number of rotatable bonds is 8. The van der Waals surface area contributed by atoms with Crippen LogP contribution in [-0.2, 0) is 9.59 Å². The molecule has 2 amide bonds. The zero-order valence-corrected chi connectivity index (χ0v) is 16.7. The average Bonchev–Trinajstić information content (AvgIpc) is 2.66. The molecule has 1 fully saturated rings. The molecule has 0 aliphatic carbocycles. The number of nitrogens with two attached hydrogens (primary N) is 1. The van der Waals surface area contributed by atoms with Gasteiger partial charge in [0, 0.05) is 25.7 Å². The van der Waals surface area contributed by atoms with E-state index in [1.54, 1.807) is 0 Å². The second-order valence-corrected chi connectivity index (χ2v) is 8.15. The van der Waals surface area contributed by atoms with Gasteiger partial charge in [-0.25, -0.2) is 0 Å². The molecule has 5 nitrogen and oxygen atoms in total. The number of carbonyl (C=O) groups is 2. The summed E-state index contributed by atoms with van der Waals surface area (Å²) in [7, 11) is 0. The van der Waals surface area contributed by atoms with E-state index in [0.717, 1.165) is 31.5 Å². The van der Waals surface area contributed by atoms with Crippen molar-refractivity contribution >= 4 is 23.6 Å². The van der Waals surface area contributed by atoms with Crippen LogP contribution < -0.4 is 11.1 Å². The summed E-state index contributed by atoms with van der Waals surface area (Å²) in [5.41, 5.74) is 8.46. The fourth-order valence-electron chi connectivity index (χ4n) is 2.99. The van der Waals surface area contributed by atoms with Crippen LogP contribution >= 0.6 is 11.8 Å². The Morgan fingerprint density at radius 1 is 1.08 bits per heavy atom. The minimum atomic E-state index is -0.222. The van der Waals surface area contributed by atoms with Crippen LogP contribution in [0.25, 0.3) is 0 Å². The van der Waals surface area contributed by atoms with E-state index >= 15 is 0 Å². The number of piperidine rings is 1. The van der Waals surface area contributed by atoms with E-state index in [-0.39, 0.29) is 17.9 Å². The Hall–Kier alpha value is -1.53. The molecule has 1 aromatic rings. The van der Waals surface area contributed by atoms with Crippen LogP contribution in [-0.4, -0.2) is 47.9 Å². The van der Waals surface area contributed by atoms with Gasteiger partial charge >= 0.3 is 0 Å². The Labute approximate surface area is 161 Å². The molecule has 6 heteroatoms. The second-order valence-electron chi connectivity index (χ2n) is 7.17. The Morgan fingerprint density at radius 2 is 1.69 bits per heavy atom. The number of nitrogens with zero attached hydrogens (tertiary/aromatic N) is 1. The minimum Gasteiger partial charge on any atom is -0.353 e. The first-order valence-electron chi connectivity index (χ1n) is 9.45. The van der Waals surface area contributed by atoms with E-state index in [1.807, 2.05) is 17.0 Å². The van der Waals surface area contributed by atoms with Crippen LogP contribution in [0, 0.1) is 0 Å². The number of hydrogen-bond acceptors (Lipinski definition) is 4. The molecule has 3 N–H and O–H groups in total. The number of thioether (sulfide) groups is 1. The summed E-state index contributed by atoms with van der Waals surface area (Å²) in [5, 5.41) is 2.86. The third-order valence-corrected chi connectivity index (χ3v) is 5.64. The van der Waals surface area contributed by atoms with Crippen molar-refractivity contribution in [1.82, 2.24) is 10.2 Å². The van der Waals surface area contributed by atoms with Crippen molar-refractivity contribution in [1.29, 1.82) is 0 Å². The lowest BCUT2D eigenvalue weighted by Gasteiger charge is -2.26. The summed E-state index contributed by atoms with van der Waals surface area (Å²) in [5.74, 6) is 1.22. The number of nitrogens with one attached hydrogen (secondary N) is 1. The smallest absolute Gasteiger partial charge is 0.232 e. The molecule has 0 aromatic heterocycles. The van der Waals surface area contributed by atoms with Gasteiger partial charge in [0.25, 0.3) is 0 Å². The Balaban J connectivity index is 1.65. The minimum absolute atomic E-state index is 0.0734. The van der Waals surface area contributed by atoms with Gasteiger partial charge in [-0.15, -0.1) is 11.8 Å². The monoisotopic (exact) mass is 377 g/mol. The standard InChI is InChI=1S/C20H31N3O2S/c1-15(2)16-6-8-17(9-7-16)18(21)12-22-19(24)13-26-14-20(25)23-10-4-3-5-11-23/h6-9,15,18H,3-5,10-14,21H2,1-2H3,(H,22,24). The summed E-state index contributed by atoms with van der Waals surface area (Å²) in [6.45, 7) is 6.43. The Kier molecular flexibility index (Phi) is 8.45. The Bertz CT molecular complexity index is 583. The highest BCUT2D eigenvalue weighted by Gasteiger charge is 2.16. The van der Waals surface area contributed by atoms with Gasteiger partial charge < -0.3 is 16.0 Å².